The Labute approximate surface area is 129 Å². The zero-order chi connectivity index (χ0) is 15.5. The molecule has 0 radical (unpaired) electrons. The lowest BCUT2D eigenvalue weighted by atomic mass is 9.95. The summed E-state index contributed by atoms with van der Waals surface area (Å²) < 4.78 is 5.74. The van der Waals surface area contributed by atoms with Crippen LogP contribution in [-0.4, -0.2) is 36.2 Å². The summed E-state index contributed by atoms with van der Waals surface area (Å²) in [5, 5.41) is 5.53. The van der Waals surface area contributed by atoms with Gasteiger partial charge in [0, 0.05) is 6.42 Å². The monoisotopic (exact) mass is 303 g/mol. The summed E-state index contributed by atoms with van der Waals surface area (Å²) in [5.74, 6) is -0.205. The lowest BCUT2D eigenvalue weighted by molar-refractivity contribution is -0.124. The molecule has 4 unspecified atom stereocenters. The van der Waals surface area contributed by atoms with Gasteiger partial charge in [-0.15, -0.1) is 0 Å². The average molecular weight is 303 g/mol. The highest BCUT2D eigenvalue weighted by Crippen LogP contribution is 2.34. The number of ether oxygens (including phenoxy) is 1. The van der Waals surface area contributed by atoms with E-state index in [1.54, 1.807) is 0 Å². The minimum absolute atomic E-state index is 0.0409. The van der Waals surface area contributed by atoms with Gasteiger partial charge >= 0.3 is 6.03 Å². The zero-order valence-electron chi connectivity index (χ0n) is 12.3. The zero-order valence-corrected chi connectivity index (χ0v) is 12.3. The van der Waals surface area contributed by atoms with Gasteiger partial charge in [0.1, 0.15) is 6.04 Å². The molecular weight excluding hydrogens is 282 g/mol. The summed E-state index contributed by atoms with van der Waals surface area (Å²) in [7, 11) is 0. The number of nitrogens with one attached hydrogen (secondary N) is 2. The Kier molecular flexibility index (Phi) is 4.29. The molecule has 1 aromatic carbocycles. The Bertz CT molecular complexity index is 549. The van der Waals surface area contributed by atoms with Crippen molar-refractivity contribution in [1.82, 2.24) is 10.6 Å². The third-order valence-corrected chi connectivity index (χ3v) is 4.35. The summed E-state index contributed by atoms with van der Waals surface area (Å²) in [6, 6.07) is 8.23. The molecule has 2 heterocycles. The van der Waals surface area contributed by atoms with Crippen LogP contribution in [-0.2, 0) is 16.0 Å². The molecule has 4 atom stereocenters. The van der Waals surface area contributed by atoms with E-state index in [1.807, 2.05) is 30.3 Å². The SMILES string of the molecule is NC(=O)NC(Cc1ccccc1)C(=O)NC1CC2CCC1O2. The predicted molar refractivity (Wildman–Crippen MR) is 81.1 cm³/mol. The van der Waals surface area contributed by atoms with Crippen molar-refractivity contribution in [3.05, 3.63) is 35.9 Å². The molecule has 1 aromatic rings. The molecule has 0 saturated carbocycles. The number of carbonyl (C=O) groups excluding carboxylic acids is 2. The maximum absolute atomic E-state index is 12.5. The first-order valence-corrected chi connectivity index (χ1v) is 7.67. The van der Waals surface area contributed by atoms with Gasteiger partial charge in [-0.25, -0.2) is 4.79 Å². The first-order valence-electron chi connectivity index (χ1n) is 7.67. The van der Waals surface area contributed by atoms with Crippen LogP contribution in [0.3, 0.4) is 0 Å². The van der Waals surface area contributed by atoms with Crippen LogP contribution in [0.4, 0.5) is 4.79 Å². The van der Waals surface area contributed by atoms with Gasteiger partial charge in [-0.2, -0.15) is 0 Å². The lowest BCUT2D eigenvalue weighted by Gasteiger charge is -2.24. The smallest absolute Gasteiger partial charge is 0.312 e. The predicted octanol–water partition coefficient (Wildman–Crippen LogP) is 0.702. The maximum atomic E-state index is 12.5. The third kappa shape index (κ3) is 3.39. The van der Waals surface area contributed by atoms with E-state index in [1.165, 1.54) is 0 Å². The van der Waals surface area contributed by atoms with Crippen molar-refractivity contribution in [2.24, 2.45) is 5.73 Å². The molecule has 3 rings (SSSR count). The average Bonchev–Trinajstić information content (AvgIpc) is 3.09. The number of urea groups is 1. The maximum Gasteiger partial charge on any atom is 0.312 e. The molecule has 6 heteroatoms. The van der Waals surface area contributed by atoms with Gasteiger partial charge < -0.3 is 21.1 Å². The summed E-state index contributed by atoms with van der Waals surface area (Å²) >= 11 is 0. The van der Waals surface area contributed by atoms with Crippen molar-refractivity contribution < 1.29 is 14.3 Å². The highest BCUT2D eigenvalue weighted by molar-refractivity contribution is 5.87. The van der Waals surface area contributed by atoms with Crippen molar-refractivity contribution in [3.8, 4) is 0 Å². The molecule has 4 N–H and O–H groups in total. The van der Waals surface area contributed by atoms with E-state index in [2.05, 4.69) is 10.6 Å². The molecule has 22 heavy (non-hydrogen) atoms. The Balaban J connectivity index is 1.63. The second kappa shape index (κ2) is 6.36. The topological polar surface area (TPSA) is 93.5 Å². The Hall–Kier alpha value is -2.08. The number of fused-ring (bicyclic) bond motifs is 2. The number of hydrogen-bond donors (Lipinski definition) is 3. The number of nitrogens with two attached hydrogens (primary N) is 1. The molecule has 2 bridgehead atoms. The van der Waals surface area contributed by atoms with Crippen molar-refractivity contribution >= 4 is 11.9 Å². The van der Waals surface area contributed by atoms with Crippen molar-refractivity contribution in [2.75, 3.05) is 0 Å². The second-order valence-electron chi connectivity index (χ2n) is 5.98. The van der Waals surface area contributed by atoms with E-state index in [-0.39, 0.29) is 24.2 Å². The molecular formula is C16H21N3O3. The van der Waals surface area contributed by atoms with E-state index < -0.39 is 12.1 Å². The third-order valence-electron chi connectivity index (χ3n) is 4.35. The molecule has 2 aliphatic rings. The van der Waals surface area contributed by atoms with Crippen LogP contribution in [0.2, 0.25) is 0 Å². The van der Waals surface area contributed by atoms with Crippen LogP contribution in [0.5, 0.6) is 0 Å². The Morgan fingerprint density at radius 3 is 2.64 bits per heavy atom. The van der Waals surface area contributed by atoms with Crippen LogP contribution in [0.25, 0.3) is 0 Å². The molecule has 2 saturated heterocycles. The minimum atomic E-state index is -0.694. The first-order chi connectivity index (χ1) is 10.6. The van der Waals surface area contributed by atoms with Crippen molar-refractivity contribution in [2.45, 2.75) is 50.0 Å². The fourth-order valence-electron chi connectivity index (χ4n) is 3.30. The normalized spacial score (nSPS) is 27.4. The number of carbonyl (C=O) groups is 2. The van der Waals surface area contributed by atoms with Crippen molar-refractivity contribution in [3.63, 3.8) is 0 Å². The van der Waals surface area contributed by atoms with Gasteiger partial charge in [-0.1, -0.05) is 30.3 Å². The molecule has 6 nitrogen and oxygen atoms in total. The first kappa shape index (κ1) is 14.8. The van der Waals surface area contributed by atoms with E-state index in [0.29, 0.717) is 6.42 Å². The van der Waals surface area contributed by atoms with Crippen LogP contribution in [0.15, 0.2) is 30.3 Å². The molecule has 118 valence electrons. The van der Waals surface area contributed by atoms with Crippen LogP contribution >= 0.6 is 0 Å². The highest BCUT2D eigenvalue weighted by atomic mass is 16.5. The Morgan fingerprint density at radius 1 is 1.27 bits per heavy atom. The largest absolute Gasteiger partial charge is 0.373 e. The molecule has 0 aliphatic carbocycles. The van der Waals surface area contributed by atoms with Gasteiger partial charge in [0.25, 0.3) is 0 Å². The minimum Gasteiger partial charge on any atom is -0.373 e. The van der Waals surface area contributed by atoms with Crippen LogP contribution < -0.4 is 16.4 Å². The Morgan fingerprint density at radius 2 is 2.05 bits per heavy atom. The highest BCUT2D eigenvalue weighted by Gasteiger charge is 2.42. The van der Waals surface area contributed by atoms with Gasteiger partial charge in [0.05, 0.1) is 18.2 Å². The molecule has 0 aromatic heterocycles. The second-order valence-corrected chi connectivity index (χ2v) is 5.98. The molecule has 2 fully saturated rings. The molecule has 3 amide bonds. The summed E-state index contributed by atoms with van der Waals surface area (Å²) in [6.07, 6.45) is 3.71. The quantitative estimate of drug-likeness (QED) is 0.747. The number of hydrogen-bond acceptors (Lipinski definition) is 3. The van der Waals surface area contributed by atoms with Crippen LogP contribution in [0, 0.1) is 0 Å². The summed E-state index contributed by atoms with van der Waals surface area (Å²) in [6.45, 7) is 0. The standard InChI is InChI=1S/C16H21N3O3/c17-16(21)19-13(8-10-4-2-1-3-5-10)15(20)18-12-9-11-6-7-14(12)22-11/h1-5,11-14H,6-9H2,(H,18,20)(H3,17,19,21). The summed E-state index contributed by atoms with van der Waals surface area (Å²) in [4.78, 5) is 23.7. The number of benzene rings is 1. The van der Waals surface area contributed by atoms with Gasteiger partial charge in [-0.3, -0.25) is 4.79 Å². The summed E-state index contributed by atoms with van der Waals surface area (Å²) in [5.41, 5.74) is 6.17. The number of amides is 3. The molecule has 2 aliphatic heterocycles. The van der Waals surface area contributed by atoms with Crippen LogP contribution in [0.1, 0.15) is 24.8 Å². The van der Waals surface area contributed by atoms with E-state index in [0.717, 1.165) is 24.8 Å². The number of rotatable bonds is 5. The van der Waals surface area contributed by atoms with Crippen molar-refractivity contribution in [1.29, 1.82) is 0 Å². The number of primary amides is 1. The lowest BCUT2D eigenvalue weighted by Crippen LogP contribution is -2.53. The fourth-order valence-corrected chi connectivity index (χ4v) is 3.30. The van der Waals surface area contributed by atoms with E-state index >= 15 is 0 Å². The fraction of sp³-hybridized carbons (Fsp3) is 0.500. The van der Waals surface area contributed by atoms with Gasteiger partial charge in [0.2, 0.25) is 5.91 Å². The van der Waals surface area contributed by atoms with Gasteiger partial charge in [-0.05, 0) is 24.8 Å². The molecule has 0 spiro atoms. The van der Waals surface area contributed by atoms with E-state index in [4.69, 9.17) is 10.5 Å². The van der Waals surface area contributed by atoms with E-state index in [9.17, 15) is 9.59 Å². The van der Waals surface area contributed by atoms with Gasteiger partial charge in [0.15, 0.2) is 0 Å².